The van der Waals surface area contributed by atoms with E-state index in [0.29, 0.717) is 11.8 Å². The van der Waals surface area contributed by atoms with E-state index in [4.69, 9.17) is 30.4 Å². The molecule has 0 fully saturated rings. The highest BCUT2D eigenvalue weighted by molar-refractivity contribution is 6.30. The quantitative estimate of drug-likeness (QED) is 0.124. The van der Waals surface area contributed by atoms with Gasteiger partial charge in [-0.15, -0.1) is 0 Å². The second-order valence-electron chi connectivity index (χ2n) is 34.0. The van der Waals surface area contributed by atoms with Gasteiger partial charge in [-0.1, -0.05) is 355 Å². The van der Waals surface area contributed by atoms with Crippen LogP contribution < -0.4 is 10.2 Å². The molecule has 596 valence electrons. The van der Waals surface area contributed by atoms with Crippen LogP contribution in [0.5, 0.6) is 0 Å². The molecule has 0 saturated heterocycles. The van der Waals surface area contributed by atoms with Crippen molar-refractivity contribution in [3.05, 3.63) is 509 Å². The van der Waals surface area contributed by atoms with Gasteiger partial charge in [0.1, 0.15) is 11.0 Å². The fourth-order valence-corrected chi connectivity index (χ4v) is 20.5. The Balaban J connectivity index is 0.000000123. The maximum Gasteiger partial charge on any atom is 0.227 e. The zero-order chi connectivity index (χ0) is 84.0. The Labute approximate surface area is 733 Å². The molecule has 2 aromatic heterocycles. The highest BCUT2D eigenvalue weighted by atomic mass is 35.5. The van der Waals surface area contributed by atoms with Gasteiger partial charge in [-0.25, -0.2) is 9.97 Å². The summed E-state index contributed by atoms with van der Waals surface area (Å²) in [5, 5.41) is 4.30. The van der Waals surface area contributed by atoms with Crippen LogP contribution in [0, 0.1) is 0 Å². The van der Waals surface area contributed by atoms with Crippen LogP contribution in [-0.2, 0) is 21.7 Å². The number of hydrogen-bond donors (Lipinski definition) is 1. The SMILES string of the molecule is CC1(C)c2ccccc2-c2ccc(N(c3ccc(-c4ccccc4)cc3)c3ccc(C4(c5ccc6nc(-c7ccccc7)oc6c5)c5ccccc5-c5ccccc54)cc3)cc21.CC1(C)c2ccccc2-c2ccc(Nc3ccc(-c4ccccc4)cc3)cc21.Clc1ccc(C2(c3ccc4nc(-c5ccccc5)oc4c3)c3ccccc3-c3ccccc32)cc1. The van der Waals surface area contributed by atoms with E-state index in [1.165, 1.54) is 122 Å². The van der Waals surface area contributed by atoms with Gasteiger partial charge in [-0.3, -0.25) is 0 Å². The van der Waals surface area contributed by atoms with Crippen LogP contribution in [0.15, 0.2) is 446 Å². The third kappa shape index (κ3) is 12.8. The molecule has 1 N–H and O–H groups in total. The van der Waals surface area contributed by atoms with Gasteiger partial charge in [0.25, 0.3) is 0 Å². The number of oxazole rings is 2. The van der Waals surface area contributed by atoms with Crippen molar-refractivity contribution >= 4 is 62.2 Å². The van der Waals surface area contributed by atoms with Crippen LogP contribution in [-0.4, -0.2) is 9.97 Å². The van der Waals surface area contributed by atoms with Crippen LogP contribution >= 0.6 is 11.6 Å². The minimum absolute atomic E-state index is 0.0286. The second kappa shape index (κ2) is 30.7. The van der Waals surface area contributed by atoms with E-state index in [9.17, 15) is 0 Å². The molecule has 125 heavy (non-hydrogen) atoms. The van der Waals surface area contributed by atoms with Crippen molar-refractivity contribution in [3.63, 3.8) is 0 Å². The monoisotopic (exact) mass is 1620 g/mol. The van der Waals surface area contributed by atoms with Crippen molar-refractivity contribution in [1.82, 2.24) is 9.97 Å². The van der Waals surface area contributed by atoms with Crippen molar-refractivity contribution in [2.45, 2.75) is 49.4 Å². The number of nitrogens with one attached hydrogen (secondary N) is 1. The second-order valence-corrected chi connectivity index (χ2v) is 34.5. The molecule has 0 bridgehead atoms. The van der Waals surface area contributed by atoms with E-state index in [1.54, 1.807) is 0 Å². The van der Waals surface area contributed by atoms with Crippen LogP contribution in [0.2, 0.25) is 5.02 Å². The van der Waals surface area contributed by atoms with Crippen molar-refractivity contribution in [1.29, 1.82) is 0 Å². The summed E-state index contributed by atoms with van der Waals surface area (Å²) in [5.74, 6) is 1.25. The smallest absolute Gasteiger partial charge is 0.227 e. The lowest BCUT2D eigenvalue weighted by Gasteiger charge is -2.34. The predicted octanol–water partition coefficient (Wildman–Crippen LogP) is 31.2. The van der Waals surface area contributed by atoms with E-state index in [0.717, 1.165) is 77.9 Å². The molecule has 24 rings (SSSR count). The lowest BCUT2D eigenvalue weighted by Crippen LogP contribution is -2.28. The summed E-state index contributed by atoms with van der Waals surface area (Å²) in [4.78, 5) is 12.1. The van der Waals surface area contributed by atoms with Crippen molar-refractivity contribution in [2.75, 3.05) is 10.2 Å². The first kappa shape index (κ1) is 76.0. The third-order valence-corrected chi connectivity index (χ3v) is 26.6. The van der Waals surface area contributed by atoms with Gasteiger partial charge < -0.3 is 19.1 Å². The molecule has 0 atom stereocenters. The fourth-order valence-electron chi connectivity index (χ4n) is 20.4. The van der Waals surface area contributed by atoms with E-state index in [-0.39, 0.29) is 10.8 Å². The molecule has 20 aromatic rings. The molecule has 4 aliphatic rings. The molecule has 4 aliphatic carbocycles. The lowest BCUT2D eigenvalue weighted by molar-refractivity contribution is 0.617. The number of aromatic nitrogens is 2. The molecular formula is C118H85ClN4O2. The Morgan fingerprint density at radius 2 is 0.536 bits per heavy atom. The number of rotatable bonds is 13. The minimum atomic E-state index is -0.606. The Kier molecular flexibility index (Phi) is 18.7. The van der Waals surface area contributed by atoms with Crippen molar-refractivity contribution in [2.24, 2.45) is 0 Å². The number of fused-ring (bicyclic) bond motifs is 14. The summed E-state index contributed by atoms with van der Waals surface area (Å²) >= 11 is 6.33. The average Bonchev–Trinajstić information content (AvgIpc) is 1.55. The van der Waals surface area contributed by atoms with E-state index in [2.05, 4.69) is 396 Å². The highest BCUT2D eigenvalue weighted by Gasteiger charge is 2.49. The number of anilines is 5. The molecule has 0 saturated carbocycles. The van der Waals surface area contributed by atoms with Crippen LogP contribution in [0.4, 0.5) is 28.4 Å². The summed E-state index contributed by atoms with van der Waals surface area (Å²) in [7, 11) is 0. The molecule has 6 nitrogen and oxygen atoms in total. The first-order valence-electron chi connectivity index (χ1n) is 42.9. The number of benzene rings is 18. The molecule has 0 amide bonds. The van der Waals surface area contributed by atoms with Crippen LogP contribution in [0.3, 0.4) is 0 Å². The first-order valence-corrected chi connectivity index (χ1v) is 43.3. The summed E-state index contributed by atoms with van der Waals surface area (Å²) in [6.45, 7) is 9.33. The Hall–Kier alpha value is -15.2. The molecule has 0 aliphatic heterocycles. The van der Waals surface area contributed by atoms with Crippen molar-refractivity contribution < 1.29 is 8.83 Å². The average molecular weight is 1630 g/mol. The molecule has 7 heteroatoms. The van der Waals surface area contributed by atoms with Crippen LogP contribution in [0.1, 0.15) is 94.5 Å². The van der Waals surface area contributed by atoms with E-state index < -0.39 is 10.8 Å². The zero-order valence-corrected chi connectivity index (χ0v) is 70.4. The highest BCUT2D eigenvalue weighted by Crippen LogP contribution is 2.60. The molecule has 0 radical (unpaired) electrons. The maximum absolute atomic E-state index is 6.55. The van der Waals surface area contributed by atoms with Gasteiger partial charge in [0.2, 0.25) is 11.8 Å². The summed E-state index contributed by atoms with van der Waals surface area (Å²) in [6.07, 6.45) is 0. The number of halogens is 1. The topological polar surface area (TPSA) is 67.3 Å². The summed E-state index contributed by atoms with van der Waals surface area (Å²) in [5.41, 5.74) is 39.9. The summed E-state index contributed by atoms with van der Waals surface area (Å²) in [6, 6.07) is 156. The number of nitrogens with zero attached hydrogens (tertiary/aromatic N) is 3. The van der Waals surface area contributed by atoms with Gasteiger partial charge in [0, 0.05) is 55.4 Å². The standard InChI is InChI=1S/C59H42N2O.C32H20ClNO.C27H23N/c1-58(2)51-22-12-9-19-47(51)50-35-34-46(38-54(50)58)61(44-30-25-40(26-31-44)39-15-5-3-6-16-39)45-32-27-42(28-33-45)59(52-23-13-10-20-48(52)49-21-11-14-24-53(49)59)43-29-36-55-56(37-43)62-57(60-55)41-17-7-4-8-18-41;33-24-17-14-22(15-18-24)32(27-12-6-4-10-25(27)26-11-5-7-13-28(26)32)23-16-19-29-30(20-23)35-31(34-29)21-8-2-1-3-9-21;1-27(2)25-11-7-6-10-23(25)24-17-16-22(18-26(24)27)28-21-14-12-20(13-15-21)19-8-4-3-5-9-19/h3-38H,1-2H3;1-20H;3-18,28H,1-2H3. The molecule has 0 spiro atoms. The van der Waals surface area contributed by atoms with Gasteiger partial charge >= 0.3 is 0 Å². The summed E-state index contributed by atoms with van der Waals surface area (Å²) < 4.78 is 12.8. The molecule has 2 heterocycles. The van der Waals surface area contributed by atoms with Gasteiger partial charge in [-0.2, -0.15) is 0 Å². The molecule has 18 aromatic carbocycles. The third-order valence-electron chi connectivity index (χ3n) is 26.3. The van der Waals surface area contributed by atoms with E-state index >= 15 is 0 Å². The maximum atomic E-state index is 6.55. The van der Waals surface area contributed by atoms with Crippen molar-refractivity contribution in [3.8, 4) is 89.7 Å². The van der Waals surface area contributed by atoms with Gasteiger partial charge in [0.05, 0.1) is 10.8 Å². The Morgan fingerprint density at radius 3 is 0.952 bits per heavy atom. The largest absolute Gasteiger partial charge is 0.436 e. The number of hydrogen-bond acceptors (Lipinski definition) is 6. The zero-order valence-electron chi connectivity index (χ0n) is 69.6. The predicted molar refractivity (Wildman–Crippen MR) is 515 cm³/mol. The van der Waals surface area contributed by atoms with Gasteiger partial charge in [0.15, 0.2) is 11.2 Å². The van der Waals surface area contributed by atoms with Gasteiger partial charge in [-0.05, 0) is 255 Å². The normalized spacial score (nSPS) is 13.7. The minimum Gasteiger partial charge on any atom is -0.436 e. The van der Waals surface area contributed by atoms with Crippen LogP contribution in [0.25, 0.3) is 112 Å². The Bertz CT molecular complexity index is 7390. The Morgan fingerprint density at radius 1 is 0.240 bits per heavy atom. The fraction of sp³-hybridized carbons (Fsp3) is 0.0678. The molecule has 0 unspecified atom stereocenters. The molecular weight excluding hydrogens is 1540 g/mol. The first-order chi connectivity index (χ1) is 61.4. The lowest BCUT2D eigenvalue weighted by atomic mass is 9.67. The van der Waals surface area contributed by atoms with E-state index in [1.807, 2.05) is 78.9 Å².